The third-order valence-electron chi connectivity index (χ3n) is 4.56. The maximum atomic E-state index is 13.7. The minimum Gasteiger partial charge on any atom is -0.355 e. The molecule has 0 aliphatic heterocycles. The molecule has 0 saturated carbocycles. The molecule has 1 unspecified atom stereocenters. The summed E-state index contributed by atoms with van der Waals surface area (Å²) in [5.41, 5.74) is 0.800. The van der Waals surface area contributed by atoms with Crippen molar-refractivity contribution in [1.82, 2.24) is 10.2 Å². The van der Waals surface area contributed by atoms with Gasteiger partial charge in [-0.05, 0) is 49.7 Å². The first kappa shape index (κ1) is 24.8. The van der Waals surface area contributed by atoms with Crippen molar-refractivity contribution in [2.24, 2.45) is 0 Å². The second kappa shape index (κ2) is 10.7. The highest BCUT2D eigenvalue weighted by molar-refractivity contribution is 9.10. The number of carbonyl (C=O) groups excluding carboxylic acids is 2. The van der Waals surface area contributed by atoms with E-state index in [1.165, 1.54) is 23.1 Å². The molecule has 2 amide bonds. The van der Waals surface area contributed by atoms with E-state index in [2.05, 4.69) is 21.2 Å². The summed E-state index contributed by atoms with van der Waals surface area (Å²) in [6.45, 7) is 3.27. The van der Waals surface area contributed by atoms with Gasteiger partial charge in [0.15, 0.2) is 0 Å². The van der Waals surface area contributed by atoms with Gasteiger partial charge in [0.05, 0.1) is 11.9 Å². The zero-order valence-corrected chi connectivity index (χ0v) is 19.9. The topological polar surface area (TPSA) is 86.8 Å². The van der Waals surface area contributed by atoms with Gasteiger partial charge in [0, 0.05) is 17.6 Å². The molecule has 0 aliphatic carbocycles. The van der Waals surface area contributed by atoms with E-state index in [-0.39, 0.29) is 18.1 Å². The van der Waals surface area contributed by atoms with Crippen molar-refractivity contribution in [3.05, 3.63) is 64.4 Å². The van der Waals surface area contributed by atoms with Gasteiger partial charge in [0.25, 0.3) is 0 Å². The summed E-state index contributed by atoms with van der Waals surface area (Å²) in [6, 6.07) is 11.4. The van der Waals surface area contributed by atoms with Crippen molar-refractivity contribution >= 4 is 43.5 Å². The molecule has 7 nitrogen and oxygen atoms in total. The molecule has 0 radical (unpaired) electrons. The molecule has 2 rings (SSSR count). The van der Waals surface area contributed by atoms with Crippen LogP contribution in [0.1, 0.15) is 19.4 Å². The van der Waals surface area contributed by atoms with Crippen LogP contribution in [0, 0.1) is 5.82 Å². The molecule has 2 aromatic rings. The summed E-state index contributed by atoms with van der Waals surface area (Å²) in [6.07, 6.45) is 0.942. The first-order valence-electron chi connectivity index (χ1n) is 9.57. The average molecular weight is 514 g/mol. The summed E-state index contributed by atoms with van der Waals surface area (Å²) in [5, 5.41) is 2.68. The normalized spacial score (nSPS) is 12.2. The molecule has 0 spiro atoms. The molecule has 2 aromatic carbocycles. The fourth-order valence-electron chi connectivity index (χ4n) is 2.94. The van der Waals surface area contributed by atoms with E-state index in [4.69, 9.17) is 0 Å². The van der Waals surface area contributed by atoms with Crippen LogP contribution < -0.4 is 9.62 Å². The number of carbonyl (C=O) groups is 2. The number of hydrogen-bond donors (Lipinski definition) is 1. The van der Waals surface area contributed by atoms with Crippen molar-refractivity contribution in [2.45, 2.75) is 26.4 Å². The van der Waals surface area contributed by atoms with E-state index in [0.717, 1.165) is 26.7 Å². The Bertz CT molecular complexity index is 1030. The molecule has 31 heavy (non-hydrogen) atoms. The Labute approximate surface area is 190 Å². The van der Waals surface area contributed by atoms with Gasteiger partial charge in [-0.2, -0.15) is 0 Å². The molecule has 1 atom stereocenters. The minimum atomic E-state index is -3.89. The molecule has 0 bridgehead atoms. The highest BCUT2D eigenvalue weighted by Crippen LogP contribution is 2.20. The molecule has 10 heteroatoms. The van der Waals surface area contributed by atoms with E-state index < -0.39 is 34.3 Å². The van der Waals surface area contributed by atoms with Gasteiger partial charge in [-0.15, -0.1) is 0 Å². The van der Waals surface area contributed by atoms with E-state index in [1.807, 2.05) is 12.1 Å². The standard InChI is InChI=1S/C21H25BrFN3O4S/c1-4-24-21(28)15(2)25(13-16-8-10-17(22)11-9-16)20(27)14-26(31(3,29)30)19-7-5-6-18(23)12-19/h5-12,15H,4,13-14H2,1-3H3,(H,24,28). The van der Waals surface area contributed by atoms with Crippen LogP contribution in [0.25, 0.3) is 0 Å². The smallest absolute Gasteiger partial charge is 0.244 e. The quantitative estimate of drug-likeness (QED) is 0.558. The van der Waals surface area contributed by atoms with Gasteiger partial charge < -0.3 is 10.2 Å². The number of rotatable bonds is 9. The fraction of sp³-hybridized carbons (Fsp3) is 0.333. The summed E-state index contributed by atoms with van der Waals surface area (Å²) in [7, 11) is -3.89. The van der Waals surface area contributed by atoms with Crippen molar-refractivity contribution in [3.8, 4) is 0 Å². The molecular formula is C21H25BrFN3O4S. The Morgan fingerprint density at radius 1 is 1.16 bits per heavy atom. The summed E-state index contributed by atoms with van der Waals surface area (Å²) >= 11 is 3.35. The Morgan fingerprint density at radius 3 is 2.35 bits per heavy atom. The number of nitrogens with one attached hydrogen (secondary N) is 1. The van der Waals surface area contributed by atoms with Crippen molar-refractivity contribution in [2.75, 3.05) is 23.7 Å². The van der Waals surface area contributed by atoms with Crippen LogP contribution in [0.3, 0.4) is 0 Å². The molecule has 1 N–H and O–H groups in total. The highest BCUT2D eigenvalue weighted by Gasteiger charge is 2.30. The van der Waals surface area contributed by atoms with Gasteiger partial charge in [0.1, 0.15) is 18.4 Å². The van der Waals surface area contributed by atoms with Crippen LogP contribution in [-0.2, 0) is 26.2 Å². The summed E-state index contributed by atoms with van der Waals surface area (Å²) in [4.78, 5) is 27.0. The number of sulfonamides is 1. The summed E-state index contributed by atoms with van der Waals surface area (Å²) in [5.74, 6) is -1.57. The fourth-order valence-corrected chi connectivity index (χ4v) is 4.04. The highest BCUT2D eigenvalue weighted by atomic mass is 79.9. The van der Waals surface area contributed by atoms with Gasteiger partial charge in [-0.1, -0.05) is 34.1 Å². The van der Waals surface area contributed by atoms with Crippen LogP contribution >= 0.6 is 15.9 Å². The molecule has 0 aliphatic rings. The predicted molar refractivity (Wildman–Crippen MR) is 121 cm³/mol. The van der Waals surface area contributed by atoms with E-state index in [1.54, 1.807) is 26.0 Å². The molecular weight excluding hydrogens is 489 g/mol. The maximum absolute atomic E-state index is 13.7. The first-order chi connectivity index (χ1) is 14.5. The average Bonchev–Trinajstić information content (AvgIpc) is 2.70. The zero-order chi connectivity index (χ0) is 23.2. The van der Waals surface area contributed by atoms with Crippen LogP contribution in [0.15, 0.2) is 53.0 Å². The Morgan fingerprint density at radius 2 is 1.81 bits per heavy atom. The zero-order valence-electron chi connectivity index (χ0n) is 17.5. The lowest BCUT2D eigenvalue weighted by molar-refractivity contribution is -0.139. The third-order valence-corrected chi connectivity index (χ3v) is 6.23. The van der Waals surface area contributed by atoms with Gasteiger partial charge in [-0.3, -0.25) is 13.9 Å². The minimum absolute atomic E-state index is 0.0325. The van der Waals surface area contributed by atoms with Crippen LogP contribution in [-0.4, -0.2) is 50.5 Å². The predicted octanol–water partition coefficient (Wildman–Crippen LogP) is 2.91. The van der Waals surface area contributed by atoms with Crippen LogP contribution in [0.5, 0.6) is 0 Å². The lowest BCUT2D eigenvalue weighted by Crippen LogP contribution is -2.51. The Balaban J connectivity index is 2.37. The second-order valence-electron chi connectivity index (χ2n) is 6.97. The Kier molecular flexibility index (Phi) is 8.58. The monoisotopic (exact) mass is 513 g/mol. The number of amides is 2. The van der Waals surface area contributed by atoms with Crippen molar-refractivity contribution < 1.29 is 22.4 Å². The number of hydrogen-bond acceptors (Lipinski definition) is 4. The molecule has 168 valence electrons. The first-order valence-corrected chi connectivity index (χ1v) is 12.2. The largest absolute Gasteiger partial charge is 0.355 e. The van der Waals surface area contributed by atoms with Gasteiger partial charge >= 0.3 is 0 Å². The molecule has 0 fully saturated rings. The molecule has 0 aromatic heterocycles. The van der Waals surface area contributed by atoms with Crippen LogP contribution in [0.2, 0.25) is 0 Å². The van der Waals surface area contributed by atoms with E-state index in [9.17, 15) is 22.4 Å². The van der Waals surface area contributed by atoms with Crippen molar-refractivity contribution in [3.63, 3.8) is 0 Å². The molecule has 0 saturated heterocycles. The number of benzene rings is 2. The SMILES string of the molecule is CCNC(=O)C(C)N(Cc1ccc(Br)cc1)C(=O)CN(c1cccc(F)c1)S(C)(=O)=O. The number of halogens is 2. The van der Waals surface area contributed by atoms with Gasteiger partial charge in [-0.25, -0.2) is 12.8 Å². The number of nitrogens with zero attached hydrogens (tertiary/aromatic N) is 2. The lowest BCUT2D eigenvalue weighted by Gasteiger charge is -2.31. The molecule has 0 heterocycles. The van der Waals surface area contributed by atoms with Crippen molar-refractivity contribution in [1.29, 1.82) is 0 Å². The van der Waals surface area contributed by atoms with Gasteiger partial charge in [0.2, 0.25) is 21.8 Å². The van der Waals surface area contributed by atoms with Crippen LogP contribution in [0.4, 0.5) is 10.1 Å². The Hall–Kier alpha value is -2.46. The third kappa shape index (κ3) is 7.03. The maximum Gasteiger partial charge on any atom is 0.244 e. The second-order valence-corrected chi connectivity index (χ2v) is 9.79. The number of likely N-dealkylation sites (N-methyl/N-ethyl adjacent to an activating group) is 1. The lowest BCUT2D eigenvalue weighted by atomic mass is 10.1. The van der Waals surface area contributed by atoms with E-state index in [0.29, 0.717) is 6.54 Å². The van der Waals surface area contributed by atoms with E-state index >= 15 is 0 Å². The summed E-state index contributed by atoms with van der Waals surface area (Å²) < 4.78 is 40.1. The number of anilines is 1.